The maximum absolute atomic E-state index is 11.6. The van der Waals surface area contributed by atoms with Crippen LogP contribution in [0.4, 0.5) is 5.69 Å². The summed E-state index contributed by atoms with van der Waals surface area (Å²) < 4.78 is 25.2. The molecule has 1 saturated heterocycles. The van der Waals surface area contributed by atoms with Gasteiger partial charge in [0.15, 0.2) is 0 Å². The summed E-state index contributed by atoms with van der Waals surface area (Å²) in [6, 6.07) is 11.0. The van der Waals surface area contributed by atoms with Crippen molar-refractivity contribution in [3.63, 3.8) is 0 Å². The number of nitrogens with two attached hydrogens (primary N) is 1. The molecule has 3 heterocycles. The van der Waals surface area contributed by atoms with Gasteiger partial charge in [-0.15, -0.1) is 0 Å². The highest BCUT2D eigenvalue weighted by Crippen LogP contribution is 2.25. The Hall–Kier alpha value is -2.42. The van der Waals surface area contributed by atoms with Crippen molar-refractivity contribution in [1.29, 1.82) is 0 Å². The molecule has 0 radical (unpaired) electrons. The molecule has 1 fully saturated rings. The molecule has 8 heteroatoms. The van der Waals surface area contributed by atoms with Gasteiger partial charge in [0.1, 0.15) is 5.65 Å². The fraction of sp³-hybridized carbons (Fsp3) is 0.278. The minimum atomic E-state index is -3.75. The van der Waals surface area contributed by atoms with Crippen molar-refractivity contribution in [1.82, 2.24) is 14.7 Å². The summed E-state index contributed by atoms with van der Waals surface area (Å²) >= 11 is 0. The lowest BCUT2D eigenvalue weighted by molar-refractivity contribution is 0.480. The van der Waals surface area contributed by atoms with Gasteiger partial charge >= 0.3 is 0 Å². The molecule has 0 amide bonds. The summed E-state index contributed by atoms with van der Waals surface area (Å²) in [5.74, 6) is 0. The standard InChI is InChI=1S/C18H21N5O2S/c19-26(24,25)16-5-1-3-13(9-16)17-11-21-18-7-6-15(12-23(17)18)22-14-4-2-8-20-10-14/h1,3,5-7,9,11-12,14,20,22H,2,4,8,10H2,(H2,19,24,25)/t14-/m1/s1. The van der Waals surface area contributed by atoms with Crippen LogP contribution in [0.25, 0.3) is 16.9 Å². The molecule has 4 rings (SSSR count). The van der Waals surface area contributed by atoms with Gasteiger partial charge in [0, 0.05) is 24.3 Å². The van der Waals surface area contributed by atoms with E-state index in [0.717, 1.165) is 48.5 Å². The normalized spacial score (nSPS) is 18.1. The van der Waals surface area contributed by atoms with E-state index in [2.05, 4.69) is 15.6 Å². The third kappa shape index (κ3) is 3.44. The first-order valence-corrected chi connectivity index (χ1v) is 10.1. The molecule has 0 unspecified atom stereocenters. The number of benzene rings is 1. The van der Waals surface area contributed by atoms with Crippen LogP contribution in [0.5, 0.6) is 0 Å². The second-order valence-electron chi connectivity index (χ2n) is 6.55. The van der Waals surface area contributed by atoms with Crippen LogP contribution in [-0.4, -0.2) is 36.9 Å². The first kappa shape index (κ1) is 17.0. The molecule has 7 nitrogen and oxygen atoms in total. The molecule has 1 aliphatic rings. The fourth-order valence-electron chi connectivity index (χ4n) is 3.32. The van der Waals surface area contributed by atoms with E-state index in [9.17, 15) is 8.42 Å². The van der Waals surface area contributed by atoms with E-state index in [-0.39, 0.29) is 4.90 Å². The Bertz CT molecular complexity index is 1040. The summed E-state index contributed by atoms with van der Waals surface area (Å²) in [4.78, 5) is 4.51. The monoisotopic (exact) mass is 371 g/mol. The van der Waals surface area contributed by atoms with Crippen molar-refractivity contribution < 1.29 is 8.42 Å². The topological polar surface area (TPSA) is 102 Å². The molecule has 0 aliphatic carbocycles. The Morgan fingerprint density at radius 1 is 1.27 bits per heavy atom. The SMILES string of the molecule is NS(=O)(=O)c1cccc(-c2cnc3ccc(N[C@@H]4CCCNC4)cn23)c1. The molecular weight excluding hydrogens is 350 g/mol. The molecule has 3 aromatic rings. The molecule has 1 aromatic carbocycles. The Balaban J connectivity index is 1.71. The highest BCUT2D eigenvalue weighted by Gasteiger charge is 2.14. The minimum Gasteiger partial charge on any atom is -0.380 e. The van der Waals surface area contributed by atoms with Crippen LogP contribution >= 0.6 is 0 Å². The largest absolute Gasteiger partial charge is 0.380 e. The second kappa shape index (κ2) is 6.71. The number of primary sulfonamides is 1. The van der Waals surface area contributed by atoms with Gasteiger partial charge in [-0.05, 0) is 43.7 Å². The van der Waals surface area contributed by atoms with Crippen LogP contribution in [0.15, 0.2) is 53.7 Å². The van der Waals surface area contributed by atoms with E-state index >= 15 is 0 Å². The van der Waals surface area contributed by atoms with Crippen molar-refractivity contribution in [2.75, 3.05) is 18.4 Å². The Kier molecular flexibility index (Phi) is 4.39. The molecule has 136 valence electrons. The molecule has 0 saturated carbocycles. The van der Waals surface area contributed by atoms with Gasteiger partial charge in [-0.25, -0.2) is 18.5 Å². The van der Waals surface area contributed by atoms with Crippen LogP contribution in [0, 0.1) is 0 Å². The number of nitrogens with zero attached hydrogens (tertiary/aromatic N) is 2. The van der Waals surface area contributed by atoms with Crippen LogP contribution in [0.2, 0.25) is 0 Å². The zero-order chi connectivity index (χ0) is 18.1. The number of fused-ring (bicyclic) bond motifs is 1. The quantitative estimate of drug-likeness (QED) is 0.649. The van der Waals surface area contributed by atoms with Gasteiger partial charge in [-0.1, -0.05) is 12.1 Å². The highest BCUT2D eigenvalue weighted by molar-refractivity contribution is 7.89. The minimum absolute atomic E-state index is 0.0903. The fourth-order valence-corrected chi connectivity index (χ4v) is 3.88. The van der Waals surface area contributed by atoms with Crippen LogP contribution in [0.1, 0.15) is 12.8 Å². The summed E-state index contributed by atoms with van der Waals surface area (Å²) in [6.07, 6.45) is 6.04. The zero-order valence-corrected chi connectivity index (χ0v) is 15.0. The zero-order valence-electron chi connectivity index (χ0n) is 14.2. The first-order valence-electron chi connectivity index (χ1n) is 8.58. The molecule has 26 heavy (non-hydrogen) atoms. The number of aromatic nitrogens is 2. The van der Waals surface area contributed by atoms with Crippen LogP contribution in [0.3, 0.4) is 0 Å². The molecular formula is C18H21N5O2S. The van der Waals surface area contributed by atoms with Gasteiger partial charge in [-0.3, -0.25) is 4.40 Å². The van der Waals surface area contributed by atoms with Gasteiger partial charge in [-0.2, -0.15) is 0 Å². The number of imidazole rings is 1. The summed E-state index contributed by atoms with van der Waals surface area (Å²) in [6.45, 7) is 2.02. The number of sulfonamides is 1. The predicted molar refractivity (Wildman–Crippen MR) is 102 cm³/mol. The molecule has 1 atom stereocenters. The third-order valence-electron chi connectivity index (χ3n) is 4.63. The van der Waals surface area contributed by atoms with Crippen molar-refractivity contribution >= 4 is 21.4 Å². The van der Waals surface area contributed by atoms with Crippen molar-refractivity contribution in [2.24, 2.45) is 5.14 Å². The molecule has 1 aliphatic heterocycles. The molecule has 0 bridgehead atoms. The lowest BCUT2D eigenvalue weighted by Gasteiger charge is -2.24. The summed E-state index contributed by atoms with van der Waals surface area (Å²) in [7, 11) is -3.75. The van der Waals surface area contributed by atoms with E-state index in [1.54, 1.807) is 18.3 Å². The second-order valence-corrected chi connectivity index (χ2v) is 8.11. The van der Waals surface area contributed by atoms with E-state index in [4.69, 9.17) is 5.14 Å². The Morgan fingerprint density at radius 2 is 2.15 bits per heavy atom. The summed E-state index contributed by atoms with van der Waals surface area (Å²) in [5, 5.41) is 12.2. The van der Waals surface area contributed by atoms with Gasteiger partial charge in [0.05, 0.1) is 22.5 Å². The number of nitrogens with one attached hydrogen (secondary N) is 2. The lowest BCUT2D eigenvalue weighted by atomic mass is 10.1. The smallest absolute Gasteiger partial charge is 0.238 e. The number of rotatable bonds is 4. The first-order chi connectivity index (χ1) is 12.5. The van der Waals surface area contributed by atoms with Crippen molar-refractivity contribution in [2.45, 2.75) is 23.8 Å². The predicted octanol–water partition coefficient (Wildman–Crippen LogP) is 1.81. The average Bonchev–Trinajstić information content (AvgIpc) is 3.05. The van der Waals surface area contributed by atoms with Crippen molar-refractivity contribution in [3.05, 3.63) is 48.8 Å². The van der Waals surface area contributed by atoms with E-state index in [1.165, 1.54) is 6.07 Å². The Labute approximate surface area is 152 Å². The molecule has 0 spiro atoms. The van der Waals surface area contributed by atoms with E-state index < -0.39 is 10.0 Å². The van der Waals surface area contributed by atoms with Crippen LogP contribution in [-0.2, 0) is 10.0 Å². The van der Waals surface area contributed by atoms with Crippen LogP contribution < -0.4 is 15.8 Å². The van der Waals surface area contributed by atoms with Gasteiger partial charge in [0.25, 0.3) is 0 Å². The highest BCUT2D eigenvalue weighted by atomic mass is 32.2. The molecule has 4 N–H and O–H groups in total. The van der Waals surface area contributed by atoms with Gasteiger partial charge < -0.3 is 10.6 Å². The number of hydrogen-bond acceptors (Lipinski definition) is 5. The van der Waals surface area contributed by atoms with Gasteiger partial charge in [0.2, 0.25) is 10.0 Å². The number of anilines is 1. The van der Waals surface area contributed by atoms with E-state index in [0.29, 0.717) is 6.04 Å². The Morgan fingerprint density at radius 3 is 2.92 bits per heavy atom. The number of piperidine rings is 1. The average molecular weight is 371 g/mol. The third-order valence-corrected chi connectivity index (χ3v) is 5.54. The lowest BCUT2D eigenvalue weighted by Crippen LogP contribution is -2.38. The van der Waals surface area contributed by atoms with Crippen molar-refractivity contribution in [3.8, 4) is 11.3 Å². The molecule has 2 aromatic heterocycles. The number of hydrogen-bond donors (Lipinski definition) is 3. The maximum Gasteiger partial charge on any atom is 0.238 e. The van der Waals surface area contributed by atoms with E-state index in [1.807, 2.05) is 28.8 Å². The summed E-state index contributed by atoms with van der Waals surface area (Å²) in [5.41, 5.74) is 3.37. The maximum atomic E-state index is 11.6. The number of pyridine rings is 1.